The van der Waals surface area contributed by atoms with Crippen molar-refractivity contribution >= 4 is 29.0 Å². The summed E-state index contributed by atoms with van der Waals surface area (Å²) in [5, 5.41) is 13.3. The molecule has 1 unspecified atom stereocenters. The van der Waals surface area contributed by atoms with Crippen LogP contribution in [0.5, 0.6) is 0 Å². The summed E-state index contributed by atoms with van der Waals surface area (Å²) in [6.45, 7) is 2.23. The number of H-pyrrole nitrogens is 1. The van der Waals surface area contributed by atoms with Gasteiger partial charge in [-0.15, -0.1) is 0 Å². The molecule has 0 spiro atoms. The topological polar surface area (TPSA) is 102 Å². The van der Waals surface area contributed by atoms with E-state index in [1.807, 2.05) is 35.2 Å². The van der Waals surface area contributed by atoms with E-state index in [0.717, 1.165) is 43.0 Å². The molecular formula is C27H29FN8O. The Morgan fingerprint density at radius 2 is 1.81 bits per heavy atom. The molecule has 37 heavy (non-hydrogen) atoms. The average Bonchev–Trinajstić information content (AvgIpc) is 3.43. The van der Waals surface area contributed by atoms with Crippen LogP contribution in [-0.4, -0.2) is 62.1 Å². The van der Waals surface area contributed by atoms with Gasteiger partial charge in [0.25, 0.3) is 5.91 Å². The number of amides is 1. The number of halogens is 1. The van der Waals surface area contributed by atoms with Crippen LogP contribution in [0.2, 0.25) is 0 Å². The molecule has 0 aliphatic carbocycles. The molecule has 2 aromatic carbocycles. The second kappa shape index (κ2) is 11.2. The van der Waals surface area contributed by atoms with Crippen molar-refractivity contribution < 1.29 is 9.18 Å². The van der Waals surface area contributed by atoms with E-state index in [-0.39, 0.29) is 11.7 Å². The molecule has 10 heteroatoms. The molecule has 4 aromatic rings. The summed E-state index contributed by atoms with van der Waals surface area (Å²) in [6, 6.07) is 17.4. The van der Waals surface area contributed by atoms with Crippen LogP contribution >= 0.6 is 0 Å². The first-order valence-electron chi connectivity index (χ1n) is 12.2. The summed E-state index contributed by atoms with van der Waals surface area (Å²) in [6.07, 6.45) is 5.43. The van der Waals surface area contributed by atoms with Gasteiger partial charge in [0, 0.05) is 60.7 Å². The van der Waals surface area contributed by atoms with Gasteiger partial charge in [0.1, 0.15) is 11.6 Å². The SMILES string of the molecule is CN(Cc1ccn[nH]1)C1CCCN(C(=O)c2ccc(Nc3nccc(Nc4ccc(F)cc4)n3)cc2)C1. The number of hydrogen-bond acceptors (Lipinski definition) is 7. The normalized spacial score (nSPS) is 15.5. The highest BCUT2D eigenvalue weighted by molar-refractivity contribution is 5.94. The molecule has 3 heterocycles. The quantitative estimate of drug-likeness (QED) is 0.326. The monoisotopic (exact) mass is 500 g/mol. The maximum absolute atomic E-state index is 13.2. The number of anilines is 4. The summed E-state index contributed by atoms with van der Waals surface area (Å²) in [5.74, 6) is 0.724. The minimum atomic E-state index is -0.296. The number of aromatic nitrogens is 4. The highest BCUT2D eigenvalue weighted by Crippen LogP contribution is 2.21. The van der Waals surface area contributed by atoms with Crippen LogP contribution in [-0.2, 0) is 6.54 Å². The molecule has 1 amide bonds. The van der Waals surface area contributed by atoms with Crippen LogP contribution in [0.15, 0.2) is 73.1 Å². The molecule has 0 bridgehead atoms. The van der Waals surface area contributed by atoms with Gasteiger partial charge in [-0.1, -0.05) is 0 Å². The molecular weight excluding hydrogens is 471 g/mol. The fraction of sp³-hybridized carbons (Fsp3) is 0.259. The van der Waals surface area contributed by atoms with Crippen molar-refractivity contribution in [2.24, 2.45) is 0 Å². The number of benzene rings is 2. The average molecular weight is 501 g/mol. The van der Waals surface area contributed by atoms with Gasteiger partial charge in [0.05, 0.1) is 0 Å². The second-order valence-corrected chi connectivity index (χ2v) is 9.14. The number of nitrogens with one attached hydrogen (secondary N) is 3. The third-order valence-electron chi connectivity index (χ3n) is 6.45. The van der Waals surface area contributed by atoms with Crippen LogP contribution in [0.25, 0.3) is 0 Å². The Morgan fingerprint density at radius 3 is 2.57 bits per heavy atom. The summed E-state index contributed by atoms with van der Waals surface area (Å²) >= 11 is 0. The number of aromatic amines is 1. The predicted molar refractivity (Wildman–Crippen MR) is 140 cm³/mol. The highest BCUT2D eigenvalue weighted by atomic mass is 19.1. The molecule has 1 saturated heterocycles. The van der Waals surface area contributed by atoms with Gasteiger partial charge >= 0.3 is 0 Å². The van der Waals surface area contributed by atoms with Crippen LogP contribution < -0.4 is 10.6 Å². The molecule has 1 atom stereocenters. The first kappa shape index (κ1) is 24.4. The van der Waals surface area contributed by atoms with E-state index < -0.39 is 0 Å². The summed E-state index contributed by atoms with van der Waals surface area (Å²) in [4.78, 5) is 26.1. The number of nitrogens with zero attached hydrogens (tertiary/aromatic N) is 5. The van der Waals surface area contributed by atoms with E-state index in [0.29, 0.717) is 29.9 Å². The minimum Gasteiger partial charge on any atom is -0.340 e. The van der Waals surface area contributed by atoms with Crippen LogP contribution in [0.3, 0.4) is 0 Å². The number of likely N-dealkylation sites (N-methyl/N-ethyl adjacent to an activating group) is 1. The van der Waals surface area contributed by atoms with Crippen LogP contribution in [0.4, 0.5) is 27.5 Å². The maximum atomic E-state index is 13.2. The van der Waals surface area contributed by atoms with Crippen molar-refractivity contribution in [3.63, 3.8) is 0 Å². The number of piperidine rings is 1. The minimum absolute atomic E-state index is 0.0351. The molecule has 9 nitrogen and oxygen atoms in total. The number of hydrogen-bond donors (Lipinski definition) is 3. The van der Waals surface area contributed by atoms with Crippen LogP contribution in [0.1, 0.15) is 28.9 Å². The highest BCUT2D eigenvalue weighted by Gasteiger charge is 2.27. The fourth-order valence-electron chi connectivity index (χ4n) is 4.45. The molecule has 190 valence electrons. The predicted octanol–water partition coefficient (Wildman–Crippen LogP) is 4.56. The summed E-state index contributed by atoms with van der Waals surface area (Å²) in [5.41, 5.74) is 3.21. The van der Waals surface area contributed by atoms with E-state index in [1.54, 1.807) is 30.6 Å². The summed E-state index contributed by atoms with van der Waals surface area (Å²) < 4.78 is 13.1. The number of carbonyl (C=O) groups excluding carboxylic acids is 1. The lowest BCUT2D eigenvalue weighted by Crippen LogP contribution is -2.48. The smallest absolute Gasteiger partial charge is 0.253 e. The van der Waals surface area contributed by atoms with Crippen molar-refractivity contribution in [2.45, 2.75) is 25.4 Å². The van der Waals surface area contributed by atoms with Crippen molar-refractivity contribution in [1.82, 2.24) is 30.0 Å². The third kappa shape index (κ3) is 6.28. The third-order valence-corrected chi connectivity index (χ3v) is 6.45. The van der Waals surface area contributed by atoms with Gasteiger partial charge in [-0.2, -0.15) is 10.1 Å². The number of carbonyl (C=O) groups is 1. The Morgan fingerprint density at radius 1 is 1.05 bits per heavy atom. The Kier molecular flexibility index (Phi) is 7.36. The van der Waals surface area contributed by atoms with Crippen molar-refractivity contribution in [1.29, 1.82) is 0 Å². The zero-order valence-electron chi connectivity index (χ0n) is 20.6. The Bertz CT molecular complexity index is 1310. The van der Waals surface area contributed by atoms with Gasteiger partial charge in [-0.3, -0.25) is 14.8 Å². The molecule has 3 N–H and O–H groups in total. The molecule has 1 fully saturated rings. The van der Waals surface area contributed by atoms with Gasteiger partial charge in [-0.05, 0) is 80.6 Å². The fourth-order valence-corrected chi connectivity index (χ4v) is 4.45. The zero-order valence-corrected chi connectivity index (χ0v) is 20.6. The van der Waals surface area contributed by atoms with Gasteiger partial charge < -0.3 is 15.5 Å². The summed E-state index contributed by atoms with van der Waals surface area (Å²) in [7, 11) is 2.09. The van der Waals surface area contributed by atoms with E-state index in [9.17, 15) is 9.18 Å². The second-order valence-electron chi connectivity index (χ2n) is 9.14. The number of likely N-dealkylation sites (tertiary alicyclic amines) is 1. The van der Waals surface area contributed by atoms with Gasteiger partial charge in [0.2, 0.25) is 5.95 Å². The lowest BCUT2D eigenvalue weighted by atomic mass is 10.0. The molecule has 1 aliphatic heterocycles. The number of rotatable bonds is 8. The zero-order chi connectivity index (χ0) is 25.6. The Balaban J connectivity index is 1.18. The van der Waals surface area contributed by atoms with Crippen molar-refractivity contribution in [3.05, 3.63) is 90.1 Å². The molecule has 0 saturated carbocycles. The van der Waals surface area contributed by atoms with Crippen molar-refractivity contribution in [3.8, 4) is 0 Å². The van der Waals surface area contributed by atoms with Crippen LogP contribution in [0, 0.1) is 5.82 Å². The lowest BCUT2D eigenvalue weighted by molar-refractivity contribution is 0.0601. The van der Waals surface area contributed by atoms with E-state index in [1.165, 1.54) is 12.1 Å². The van der Waals surface area contributed by atoms with E-state index >= 15 is 0 Å². The Hall–Kier alpha value is -4.31. The maximum Gasteiger partial charge on any atom is 0.253 e. The standard InChI is InChI=1S/C27H29FN8O/c1-35(17-23-12-15-30-34-23)24-3-2-16-36(18-24)26(37)19-4-8-22(9-5-19)32-27-29-14-13-25(33-27)31-21-10-6-20(28)7-11-21/h4-15,24H,2-3,16-18H2,1H3,(H,30,34)(H2,29,31,32,33). The largest absolute Gasteiger partial charge is 0.340 e. The van der Waals surface area contributed by atoms with E-state index in [4.69, 9.17) is 0 Å². The van der Waals surface area contributed by atoms with Gasteiger partial charge in [-0.25, -0.2) is 9.37 Å². The van der Waals surface area contributed by atoms with Gasteiger partial charge in [0.15, 0.2) is 0 Å². The van der Waals surface area contributed by atoms with Crippen molar-refractivity contribution in [2.75, 3.05) is 30.8 Å². The molecule has 0 radical (unpaired) electrons. The first-order valence-corrected chi connectivity index (χ1v) is 12.2. The Labute approximate surface area is 214 Å². The molecule has 5 rings (SSSR count). The van der Waals surface area contributed by atoms with E-state index in [2.05, 4.69) is 42.7 Å². The lowest BCUT2D eigenvalue weighted by Gasteiger charge is -2.37. The first-order chi connectivity index (χ1) is 18.0. The molecule has 2 aromatic heterocycles. The molecule has 1 aliphatic rings.